The molecule has 0 aromatic carbocycles. The highest BCUT2D eigenvalue weighted by Crippen LogP contribution is 2.38. The van der Waals surface area contributed by atoms with Crippen molar-refractivity contribution in [3.63, 3.8) is 0 Å². The summed E-state index contributed by atoms with van der Waals surface area (Å²) in [6.45, 7) is 4.77. The number of thiophene rings is 1. The Bertz CT molecular complexity index is 1030. The van der Waals surface area contributed by atoms with E-state index in [1.807, 2.05) is 4.40 Å². The fraction of sp³-hybridized carbons (Fsp3) is 0.500. The molecule has 0 bridgehead atoms. The van der Waals surface area contributed by atoms with Crippen LogP contribution in [0.15, 0.2) is 4.79 Å². The van der Waals surface area contributed by atoms with Crippen molar-refractivity contribution >= 4 is 39.5 Å². The van der Waals surface area contributed by atoms with Gasteiger partial charge in [0, 0.05) is 18.3 Å². The van der Waals surface area contributed by atoms with Crippen molar-refractivity contribution in [1.82, 2.24) is 19.2 Å². The van der Waals surface area contributed by atoms with Gasteiger partial charge in [0.2, 0.25) is 10.5 Å². The van der Waals surface area contributed by atoms with Crippen molar-refractivity contribution in [1.29, 1.82) is 0 Å². The monoisotopic (exact) mass is 336 g/mol. The van der Waals surface area contributed by atoms with E-state index >= 15 is 0 Å². The maximum absolute atomic E-state index is 12.8. The van der Waals surface area contributed by atoms with Crippen molar-refractivity contribution in [2.24, 2.45) is 7.05 Å². The maximum atomic E-state index is 12.8. The molecule has 22 heavy (non-hydrogen) atoms. The Balaban J connectivity index is 2.17. The molecule has 0 spiro atoms. The molecule has 3 aromatic heterocycles. The van der Waals surface area contributed by atoms with Gasteiger partial charge in [-0.05, 0) is 31.1 Å². The van der Waals surface area contributed by atoms with Gasteiger partial charge in [0.05, 0.1) is 17.6 Å². The van der Waals surface area contributed by atoms with Crippen LogP contribution in [-0.4, -0.2) is 24.8 Å². The first-order chi connectivity index (χ1) is 10.4. The second kappa shape index (κ2) is 4.50. The molecule has 4 rings (SSSR count). The van der Waals surface area contributed by atoms with Gasteiger partial charge in [0.1, 0.15) is 4.83 Å². The highest BCUT2D eigenvalue weighted by molar-refractivity contribution is 7.71. The summed E-state index contributed by atoms with van der Waals surface area (Å²) in [6, 6.07) is 0. The lowest BCUT2D eigenvalue weighted by Crippen LogP contribution is -2.34. The van der Waals surface area contributed by atoms with Gasteiger partial charge < -0.3 is 4.74 Å². The molecule has 0 amide bonds. The number of aryl methyl sites for hydroxylation is 1. The Morgan fingerprint density at radius 3 is 3.05 bits per heavy atom. The first-order valence-corrected chi connectivity index (χ1v) is 8.42. The normalized spacial score (nSPS) is 21.6. The molecule has 1 aliphatic rings. The number of hydrogen-bond acceptors (Lipinski definition) is 5. The second-order valence-corrected chi connectivity index (χ2v) is 7.45. The largest absolute Gasteiger partial charge is 0.369 e. The lowest BCUT2D eigenvalue weighted by Gasteiger charge is -2.32. The van der Waals surface area contributed by atoms with E-state index in [4.69, 9.17) is 17.0 Å². The minimum absolute atomic E-state index is 0.0191. The molecule has 0 aliphatic carbocycles. The molecule has 0 radical (unpaired) electrons. The van der Waals surface area contributed by atoms with Gasteiger partial charge in [-0.3, -0.25) is 9.36 Å². The van der Waals surface area contributed by atoms with Gasteiger partial charge in [0.25, 0.3) is 5.56 Å². The van der Waals surface area contributed by atoms with Gasteiger partial charge in [-0.2, -0.15) is 0 Å². The SMILES string of the molecule is CC[C@@]1(C)Cc2c(sc3c2c(=O)n(C)c2n[nH]c(=S)n32)CO1. The van der Waals surface area contributed by atoms with Crippen molar-refractivity contribution in [3.8, 4) is 0 Å². The number of aromatic amines is 1. The third-order valence-corrected chi connectivity index (χ3v) is 6.06. The quantitative estimate of drug-likeness (QED) is 0.694. The van der Waals surface area contributed by atoms with Crippen LogP contribution in [0.1, 0.15) is 30.7 Å². The smallest absolute Gasteiger partial charge is 0.263 e. The van der Waals surface area contributed by atoms with Crippen LogP contribution < -0.4 is 5.56 Å². The Kier molecular flexibility index (Phi) is 2.88. The molecule has 4 heterocycles. The molecule has 8 heteroatoms. The van der Waals surface area contributed by atoms with E-state index in [-0.39, 0.29) is 11.2 Å². The fourth-order valence-corrected chi connectivity index (χ4v) is 4.53. The molecular formula is C14H16N4O2S2. The van der Waals surface area contributed by atoms with Crippen LogP contribution in [0, 0.1) is 4.77 Å². The fourth-order valence-electron chi connectivity index (χ4n) is 3.03. The van der Waals surface area contributed by atoms with Gasteiger partial charge in [-0.15, -0.1) is 16.4 Å². The van der Waals surface area contributed by atoms with Gasteiger partial charge in [-0.1, -0.05) is 6.92 Å². The number of nitrogens with one attached hydrogen (secondary N) is 1. The van der Waals surface area contributed by atoms with Gasteiger partial charge >= 0.3 is 0 Å². The molecule has 0 unspecified atom stereocenters. The summed E-state index contributed by atoms with van der Waals surface area (Å²) < 4.78 is 9.92. The van der Waals surface area contributed by atoms with Crippen molar-refractivity contribution < 1.29 is 4.74 Å². The summed E-state index contributed by atoms with van der Waals surface area (Å²) >= 11 is 6.91. The van der Waals surface area contributed by atoms with Gasteiger partial charge in [-0.25, -0.2) is 9.50 Å². The lowest BCUT2D eigenvalue weighted by molar-refractivity contribution is -0.0543. The Morgan fingerprint density at radius 2 is 2.32 bits per heavy atom. The Morgan fingerprint density at radius 1 is 1.55 bits per heavy atom. The van der Waals surface area contributed by atoms with E-state index in [2.05, 4.69) is 24.0 Å². The van der Waals surface area contributed by atoms with Crippen molar-refractivity contribution in [2.75, 3.05) is 0 Å². The molecule has 3 aromatic rings. The van der Waals surface area contributed by atoms with Crippen molar-refractivity contribution in [3.05, 3.63) is 25.6 Å². The predicted octanol–water partition coefficient (Wildman–Crippen LogP) is 2.55. The lowest BCUT2D eigenvalue weighted by atomic mass is 9.90. The third kappa shape index (κ3) is 1.71. The summed E-state index contributed by atoms with van der Waals surface area (Å²) in [5.74, 6) is 0.542. The number of ether oxygens (including phenoxy) is 1. The summed E-state index contributed by atoms with van der Waals surface area (Å²) in [4.78, 5) is 14.8. The second-order valence-electron chi connectivity index (χ2n) is 5.98. The van der Waals surface area contributed by atoms with Crippen LogP contribution in [-0.2, 0) is 24.8 Å². The van der Waals surface area contributed by atoms with Crippen LogP contribution in [0.3, 0.4) is 0 Å². The molecule has 0 fully saturated rings. The predicted molar refractivity (Wildman–Crippen MR) is 88.2 cm³/mol. The number of hydrogen-bond donors (Lipinski definition) is 1. The van der Waals surface area contributed by atoms with Gasteiger partial charge in [0.15, 0.2) is 0 Å². The summed E-state index contributed by atoms with van der Waals surface area (Å²) in [5, 5.41) is 7.70. The molecule has 0 saturated heterocycles. The van der Waals surface area contributed by atoms with E-state index < -0.39 is 0 Å². The average molecular weight is 336 g/mol. The maximum Gasteiger partial charge on any atom is 0.263 e. The van der Waals surface area contributed by atoms with Crippen LogP contribution in [0.5, 0.6) is 0 Å². The standard InChI is InChI=1S/C14H16N4O2S2/c1-4-14(2)5-7-8(6-20-14)22-11-9(7)10(19)17(3)12-15-16-13(21)18(11)12/h4-6H2,1-3H3,(H,16,21)/t14-/m0/s1. The first-order valence-electron chi connectivity index (χ1n) is 7.19. The minimum atomic E-state index is -0.209. The average Bonchev–Trinajstić information content (AvgIpc) is 3.05. The van der Waals surface area contributed by atoms with E-state index in [9.17, 15) is 4.79 Å². The number of nitrogens with zero attached hydrogens (tertiary/aromatic N) is 3. The number of rotatable bonds is 1. The number of H-pyrrole nitrogens is 1. The minimum Gasteiger partial charge on any atom is -0.369 e. The van der Waals surface area contributed by atoms with Crippen LogP contribution in [0.2, 0.25) is 0 Å². The highest BCUT2D eigenvalue weighted by atomic mass is 32.1. The molecule has 1 aliphatic heterocycles. The first kappa shape index (κ1) is 14.1. The molecule has 1 atom stereocenters. The zero-order chi connectivity index (χ0) is 15.6. The van der Waals surface area contributed by atoms with Crippen LogP contribution in [0.4, 0.5) is 0 Å². The summed E-state index contributed by atoms with van der Waals surface area (Å²) in [5.41, 5.74) is 0.884. The summed E-state index contributed by atoms with van der Waals surface area (Å²) in [7, 11) is 1.73. The number of aromatic nitrogens is 4. The van der Waals surface area contributed by atoms with E-state index in [1.54, 1.807) is 23.0 Å². The Hall–Kier alpha value is -1.51. The van der Waals surface area contributed by atoms with E-state index in [0.29, 0.717) is 17.2 Å². The van der Waals surface area contributed by atoms with E-state index in [1.165, 1.54) is 0 Å². The Labute approximate surface area is 135 Å². The van der Waals surface area contributed by atoms with Crippen LogP contribution in [0.25, 0.3) is 16.0 Å². The zero-order valence-corrected chi connectivity index (χ0v) is 14.2. The molecule has 6 nitrogen and oxygen atoms in total. The highest BCUT2D eigenvalue weighted by Gasteiger charge is 2.33. The molecular weight excluding hydrogens is 320 g/mol. The van der Waals surface area contributed by atoms with Crippen LogP contribution >= 0.6 is 23.6 Å². The third-order valence-electron chi connectivity index (χ3n) is 4.60. The number of fused-ring (bicyclic) bond motifs is 5. The topological polar surface area (TPSA) is 64.3 Å². The molecule has 116 valence electrons. The van der Waals surface area contributed by atoms with Crippen molar-refractivity contribution in [2.45, 2.75) is 38.9 Å². The van der Waals surface area contributed by atoms with E-state index in [0.717, 1.165) is 33.5 Å². The zero-order valence-electron chi connectivity index (χ0n) is 12.6. The summed E-state index contributed by atoms with van der Waals surface area (Å²) in [6.07, 6.45) is 1.67. The molecule has 0 saturated carbocycles. The molecule has 1 N–H and O–H groups in total.